The summed E-state index contributed by atoms with van der Waals surface area (Å²) >= 11 is 0. The van der Waals surface area contributed by atoms with Crippen molar-refractivity contribution < 1.29 is 22.0 Å². The van der Waals surface area contributed by atoms with Crippen molar-refractivity contribution >= 4 is 12.4 Å². The van der Waals surface area contributed by atoms with Crippen LogP contribution in [0.4, 0.5) is 22.0 Å². The Kier molecular flexibility index (Phi) is 9.13. The van der Waals surface area contributed by atoms with Gasteiger partial charge >= 0.3 is 0 Å². The summed E-state index contributed by atoms with van der Waals surface area (Å²) in [5.74, 6) is -5.64. The van der Waals surface area contributed by atoms with E-state index in [2.05, 4.69) is 18.0 Å². The maximum atomic E-state index is 15.9. The maximum Gasteiger partial charge on any atom is 0.278 e. The molecule has 6 bridgehead atoms. The van der Waals surface area contributed by atoms with Crippen LogP contribution in [0.25, 0.3) is 12.4 Å². The van der Waals surface area contributed by atoms with Gasteiger partial charge in [0.25, 0.3) is 12.3 Å². The molecule has 44 heavy (non-hydrogen) atoms. The molecule has 4 heterocycles. The number of rotatable bonds is 2. The van der Waals surface area contributed by atoms with Crippen molar-refractivity contribution in [3.05, 3.63) is 62.8 Å². The van der Waals surface area contributed by atoms with Crippen molar-refractivity contribution in [1.29, 1.82) is 10.7 Å². The number of alkyl halides is 4. The van der Waals surface area contributed by atoms with Crippen molar-refractivity contribution in [2.75, 3.05) is 13.1 Å². The lowest BCUT2D eigenvalue weighted by Gasteiger charge is -2.40. The van der Waals surface area contributed by atoms with E-state index in [-0.39, 0.29) is 49.2 Å². The average molecular weight is 617 g/mol. The Labute approximate surface area is 254 Å². The summed E-state index contributed by atoms with van der Waals surface area (Å²) in [5.41, 5.74) is 5.79. The van der Waals surface area contributed by atoms with E-state index >= 15 is 13.2 Å². The van der Waals surface area contributed by atoms with E-state index in [1.165, 1.54) is 12.1 Å². The largest absolute Gasteiger partial charge is 0.385 e. The molecule has 3 aliphatic heterocycles. The van der Waals surface area contributed by atoms with E-state index in [1.807, 2.05) is 0 Å². The predicted molar refractivity (Wildman–Crippen MR) is 158 cm³/mol. The van der Waals surface area contributed by atoms with Crippen molar-refractivity contribution in [2.45, 2.75) is 101 Å². The Hall–Kier alpha value is -3.39. The van der Waals surface area contributed by atoms with Crippen LogP contribution < -0.4 is 27.1 Å². The number of aromatic nitrogens is 1. The molecular formula is C33H41F5N6. The fourth-order valence-electron chi connectivity index (χ4n) is 6.94. The first kappa shape index (κ1) is 32.0. The molecule has 1 aliphatic carbocycles. The number of pyridine rings is 1. The first-order chi connectivity index (χ1) is 20.9. The fraction of sp³-hybridized carbons (Fsp3) is 0.576. The van der Waals surface area contributed by atoms with Gasteiger partial charge < -0.3 is 15.6 Å². The molecule has 6 rings (SSSR count). The summed E-state index contributed by atoms with van der Waals surface area (Å²) in [6.07, 6.45) is 1.63. The molecule has 0 amide bonds. The molecule has 4 N–H and O–H groups in total. The number of piperidine rings is 1. The molecule has 1 aromatic heterocycles. The summed E-state index contributed by atoms with van der Waals surface area (Å²) in [7, 11) is 0. The lowest BCUT2D eigenvalue weighted by Crippen LogP contribution is -2.49. The molecule has 0 radical (unpaired) electrons. The topological polar surface area (TPSA) is 93.9 Å². The summed E-state index contributed by atoms with van der Waals surface area (Å²) in [4.78, 5) is 1.62. The highest BCUT2D eigenvalue weighted by molar-refractivity contribution is 5.45. The minimum atomic E-state index is -3.49. The van der Waals surface area contributed by atoms with Crippen LogP contribution in [-0.4, -0.2) is 35.0 Å². The highest BCUT2D eigenvalue weighted by Gasteiger charge is 2.47. The van der Waals surface area contributed by atoms with Gasteiger partial charge in [-0.2, -0.15) is 5.26 Å². The first-order valence-corrected chi connectivity index (χ1v) is 15.6. The molecule has 11 heteroatoms. The molecular weight excluding hydrogens is 575 g/mol. The normalized spacial score (nSPS) is 28.4. The van der Waals surface area contributed by atoms with Crippen molar-refractivity contribution in [3.63, 3.8) is 0 Å². The van der Waals surface area contributed by atoms with E-state index < -0.39 is 47.1 Å². The summed E-state index contributed by atoms with van der Waals surface area (Å²) in [6, 6.07) is 6.13. The van der Waals surface area contributed by atoms with Gasteiger partial charge in [-0.25, -0.2) is 22.0 Å². The van der Waals surface area contributed by atoms with Crippen LogP contribution in [0.15, 0.2) is 24.3 Å². The van der Waals surface area contributed by atoms with Crippen LogP contribution >= 0.6 is 0 Å². The molecule has 1 aromatic carbocycles. The van der Waals surface area contributed by atoms with Crippen LogP contribution in [0.3, 0.4) is 0 Å². The lowest BCUT2D eigenvalue weighted by molar-refractivity contribution is -0.0976. The number of nitrogens with two attached hydrogens (primary N) is 1. The van der Waals surface area contributed by atoms with Gasteiger partial charge in [0.2, 0.25) is 0 Å². The average Bonchev–Trinajstić information content (AvgIpc) is 3.78. The molecule has 2 fully saturated rings. The molecule has 2 atom stereocenters. The number of hydrogen-bond donors (Lipinski definition) is 3. The van der Waals surface area contributed by atoms with Crippen LogP contribution in [0.1, 0.15) is 87.4 Å². The second-order valence-electron chi connectivity index (χ2n) is 12.6. The van der Waals surface area contributed by atoms with Gasteiger partial charge in [0, 0.05) is 23.4 Å². The number of hydrogen-bond acceptors (Lipinski definition) is 5. The zero-order chi connectivity index (χ0) is 31.8. The van der Waals surface area contributed by atoms with Crippen molar-refractivity contribution in [2.24, 2.45) is 11.7 Å². The second kappa shape index (κ2) is 12.5. The SMILES string of the molecule is C=c1c(C2(C#N)CC2)c/c2c(=N)n1CCCCCCC(C(F)F)N1CCC(CC1)C(F)(F)c1cccc(c1F)[C@@H](C)N/C=2N. The standard InChI is InChI=1S/C33H41F5N6/c1-20-23-8-7-9-25(28(23)34)33(37,38)22-11-16-43(17-12-22)27(29(35)36)10-5-3-4-6-15-44-21(2)26(32(19-39)13-14-32)18-24(31(44)41)30(40)42-20/h7-9,18,20,22,27,29,41-42H,2-6,10-17,40H2,1H3/b30-24+,41-31?/t20-,27?/m1/s1. The van der Waals surface area contributed by atoms with Gasteiger partial charge in [-0.1, -0.05) is 44.0 Å². The molecule has 238 valence electrons. The number of benzene rings is 1. The lowest BCUT2D eigenvalue weighted by atomic mass is 9.84. The summed E-state index contributed by atoms with van der Waals surface area (Å²) in [5, 5.41) is 22.8. The minimum Gasteiger partial charge on any atom is -0.385 e. The van der Waals surface area contributed by atoms with Gasteiger partial charge in [-0.15, -0.1) is 0 Å². The van der Waals surface area contributed by atoms with Crippen LogP contribution in [-0.2, 0) is 17.9 Å². The number of nitriles is 1. The molecule has 1 saturated heterocycles. The predicted octanol–water partition coefficient (Wildman–Crippen LogP) is 4.85. The number of fused-ring (bicyclic) bond motifs is 10. The number of nitrogens with zero attached hydrogens (tertiary/aromatic N) is 3. The Morgan fingerprint density at radius 2 is 1.75 bits per heavy atom. The maximum absolute atomic E-state index is 15.9. The monoisotopic (exact) mass is 616 g/mol. The molecule has 0 spiro atoms. The van der Waals surface area contributed by atoms with Gasteiger partial charge in [0.1, 0.15) is 17.1 Å². The number of nitrogens with one attached hydrogen (secondary N) is 2. The quantitative estimate of drug-likeness (QED) is 0.421. The highest BCUT2D eigenvalue weighted by atomic mass is 19.3. The van der Waals surface area contributed by atoms with Gasteiger partial charge in [0.05, 0.1) is 34.3 Å². The highest BCUT2D eigenvalue weighted by Crippen LogP contribution is 2.46. The third-order valence-electron chi connectivity index (χ3n) is 9.88. The molecule has 1 unspecified atom stereocenters. The zero-order valence-electron chi connectivity index (χ0n) is 25.1. The van der Waals surface area contributed by atoms with Crippen molar-refractivity contribution in [1.82, 2.24) is 14.8 Å². The van der Waals surface area contributed by atoms with E-state index in [9.17, 15) is 14.0 Å². The molecule has 2 aromatic rings. The van der Waals surface area contributed by atoms with Crippen molar-refractivity contribution in [3.8, 4) is 6.07 Å². The van der Waals surface area contributed by atoms with Gasteiger partial charge in [-0.3, -0.25) is 10.3 Å². The van der Waals surface area contributed by atoms with E-state index in [0.717, 1.165) is 12.5 Å². The summed E-state index contributed by atoms with van der Waals surface area (Å²) in [6.45, 7) is 6.46. The Bertz CT molecular complexity index is 1580. The third kappa shape index (κ3) is 5.97. The van der Waals surface area contributed by atoms with Crippen LogP contribution in [0.5, 0.6) is 0 Å². The van der Waals surface area contributed by atoms with Crippen LogP contribution in [0, 0.1) is 28.5 Å². The molecule has 1 saturated carbocycles. The van der Waals surface area contributed by atoms with Crippen LogP contribution in [0.2, 0.25) is 0 Å². The second-order valence-corrected chi connectivity index (χ2v) is 12.6. The van der Waals surface area contributed by atoms with E-state index in [1.54, 1.807) is 22.5 Å². The molecule has 4 aliphatic rings. The van der Waals surface area contributed by atoms with Gasteiger partial charge in [-0.05, 0) is 70.2 Å². The fourth-order valence-corrected chi connectivity index (χ4v) is 6.94. The van der Waals surface area contributed by atoms with E-state index in [4.69, 9.17) is 11.1 Å². The third-order valence-corrected chi connectivity index (χ3v) is 9.88. The number of halogens is 5. The smallest absolute Gasteiger partial charge is 0.278 e. The van der Waals surface area contributed by atoms with Gasteiger partial charge in [0.15, 0.2) is 0 Å². The Balaban J connectivity index is 1.58. The Morgan fingerprint density at radius 3 is 2.39 bits per heavy atom. The minimum absolute atomic E-state index is 0.00434. The Morgan fingerprint density at radius 1 is 1.07 bits per heavy atom. The summed E-state index contributed by atoms with van der Waals surface area (Å²) < 4.78 is 77.4. The zero-order valence-corrected chi connectivity index (χ0v) is 25.1. The first-order valence-electron chi connectivity index (χ1n) is 15.6. The molecule has 6 nitrogen and oxygen atoms in total. The van der Waals surface area contributed by atoms with E-state index in [0.29, 0.717) is 54.8 Å².